The number of phenolic OH excluding ortho intramolecular Hbond substituents is 1. The van der Waals surface area contributed by atoms with Gasteiger partial charge in [-0.25, -0.2) is 8.42 Å². The highest BCUT2D eigenvalue weighted by Gasteiger charge is 2.18. The monoisotopic (exact) mass is 498 g/mol. The molecule has 0 saturated carbocycles. The van der Waals surface area contributed by atoms with Crippen molar-refractivity contribution < 1.29 is 28.0 Å². The van der Waals surface area contributed by atoms with E-state index in [2.05, 4.69) is 15.4 Å². The number of amides is 2. The van der Waals surface area contributed by atoms with Gasteiger partial charge in [0.05, 0.1) is 9.82 Å². The molecule has 3 aromatic rings. The number of carbonyl (C=O) groups excluding carboxylic acids is 2. The van der Waals surface area contributed by atoms with Crippen molar-refractivity contribution in [3.8, 4) is 5.75 Å². The number of benzene rings is 3. The molecule has 0 saturated heterocycles. The molecule has 0 aromatic heterocycles. The molecule has 0 aliphatic heterocycles. The lowest BCUT2D eigenvalue weighted by molar-refractivity contribution is -0.385. The summed E-state index contributed by atoms with van der Waals surface area (Å²) in [5.41, 5.74) is 0.462. The first kappa shape index (κ1) is 25.2. The molecule has 3 rings (SSSR count). The molecule has 11 nitrogen and oxygen atoms in total. The van der Waals surface area contributed by atoms with Crippen LogP contribution in [-0.2, 0) is 10.0 Å². The van der Waals surface area contributed by atoms with E-state index in [9.17, 15) is 33.2 Å². The van der Waals surface area contributed by atoms with E-state index in [-0.39, 0.29) is 33.8 Å². The molecule has 0 aliphatic carbocycles. The van der Waals surface area contributed by atoms with Gasteiger partial charge in [0, 0.05) is 42.0 Å². The maximum absolute atomic E-state index is 12.5. The molecule has 2 amide bonds. The number of sulfonamides is 1. The number of nitrogens with zero attached hydrogens (tertiary/aromatic N) is 1. The van der Waals surface area contributed by atoms with Crippen LogP contribution < -0.4 is 15.4 Å². The number of rotatable bonds is 10. The van der Waals surface area contributed by atoms with Crippen LogP contribution in [-0.4, -0.2) is 43.4 Å². The topological polar surface area (TPSA) is 168 Å². The first-order valence-electron chi connectivity index (χ1n) is 10.4. The molecule has 0 unspecified atom stereocenters. The lowest BCUT2D eigenvalue weighted by Crippen LogP contribution is -2.29. The van der Waals surface area contributed by atoms with Crippen molar-refractivity contribution in [1.82, 2.24) is 10.6 Å². The minimum atomic E-state index is -4.06. The molecular formula is C23H22N4O7S. The van der Waals surface area contributed by atoms with Crippen molar-refractivity contribution in [3.05, 3.63) is 94.0 Å². The molecule has 12 heteroatoms. The molecule has 3 aromatic carbocycles. The van der Waals surface area contributed by atoms with E-state index < -0.39 is 14.9 Å². The quantitative estimate of drug-likeness (QED) is 0.189. The molecule has 0 fully saturated rings. The number of nitro groups is 1. The molecule has 0 radical (unpaired) electrons. The van der Waals surface area contributed by atoms with E-state index in [1.165, 1.54) is 54.6 Å². The SMILES string of the molecule is O=C(NCCCNC(=O)c1cccc(O)c1)c1ccc(NS(=O)(=O)c2cccc([N+](=O)[O-])c2)cc1. The zero-order valence-electron chi connectivity index (χ0n) is 18.3. The lowest BCUT2D eigenvalue weighted by Gasteiger charge is -2.10. The van der Waals surface area contributed by atoms with Gasteiger partial charge in [-0.1, -0.05) is 12.1 Å². The maximum atomic E-state index is 12.5. The zero-order chi connectivity index (χ0) is 25.4. The average Bonchev–Trinajstić information content (AvgIpc) is 2.84. The van der Waals surface area contributed by atoms with Crippen molar-refractivity contribution in [1.29, 1.82) is 0 Å². The van der Waals surface area contributed by atoms with Gasteiger partial charge in [-0.3, -0.25) is 24.4 Å². The van der Waals surface area contributed by atoms with Gasteiger partial charge in [0.25, 0.3) is 27.5 Å². The van der Waals surface area contributed by atoms with Gasteiger partial charge in [-0.05, 0) is 55.0 Å². The van der Waals surface area contributed by atoms with Crippen LogP contribution in [0.2, 0.25) is 0 Å². The molecule has 182 valence electrons. The molecule has 35 heavy (non-hydrogen) atoms. The lowest BCUT2D eigenvalue weighted by atomic mass is 10.2. The number of non-ortho nitro benzene ring substituents is 1. The summed E-state index contributed by atoms with van der Waals surface area (Å²) in [7, 11) is -4.06. The number of anilines is 1. The highest BCUT2D eigenvalue weighted by Crippen LogP contribution is 2.20. The fraction of sp³-hybridized carbons (Fsp3) is 0.130. The van der Waals surface area contributed by atoms with E-state index in [0.29, 0.717) is 30.6 Å². The van der Waals surface area contributed by atoms with E-state index in [0.717, 1.165) is 6.07 Å². The maximum Gasteiger partial charge on any atom is 0.270 e. The van der Waals surface area contributed by atoms with E-state index in [1.807, 2.05) is 0 Å². The zero-order valence-corrected chi connectivity index (χ0v) is 19.1. The number of hydrogen-bond donors (Lipinski definition) is 4. The summed E-state index contributed by atoms with van der Waals surface area (Å²) in [6.45, 7) is 0.605. The Labute approximate surface area is 201 Å². The van der Waals surface area contributed by atoms with Crippen molar-refractivity contribution in [2.45, 2.75) is 11.3 Å². The fourth-order valence-corrected chi connectivity index (χ4v) is 4.11. The van der Waals surface area contributed by atoms with Gasteiger partial charge >= 0.3 is 0 Å². The molecule has 0 bridgehead atoms. The molecule has 0 spiro atoms. The summed E-state index contributed by atoms with van der Waals surface area (Å²) in [5.74, 6) is -0.722. The van der Waals surface area contributed by atoms with E-state index in [4.69, 9.17) is 0 Å². The Morgan fingerprint density at radius 2 is 1.49 bits per heavy atom. The molecule has 0 heterocycles. The Morgan fingerprint density at radius 3 is 2.11 bits per heavy atom. The predicted octanol–water partition coefficient (Wildman–Crippen LogP) is 2.65. The van der Waals surface area contributed by atoms with E-state index in [1.54, 1.807) is 12.1 Å². The normalized spacial score (nSPS) is 10.9. The Morgan fingerprint density at radius 1 is 0.857 bits per heavy atom. The Hall–Kier alpha value is -4.45. The van der Waals surface area contributed by atoms with Crippen LogP contribution in [0.3, 0.4) is 0 Å². The first-order valence-corrected chi connectivity index (χ1v) is 11.9. The van der Waals surface area contributed by atoms with Crippen LogP contribution in [0.4, 0.5) is 11.4 Å². The highest BCUT2D eigenvalue weighted by atomic mass is 32.2. The third-order valence-corrected chi connectivity index (χ3v) is 6.15. The summed E-state index contributed by atoms with van der Waals surface area (Å²) in [6.07, 6.45) is 0.470. The third-order valence-electron chi connectivity index (χ3n) is 4.77. The second kappa shape index (κ2) is 11.1. The molecule has 0 aliphatic rings. The minimum absolute atomic E-state index is 0.00669. The number of carbonyl (C=O) groups is 2. The van der Waals surface area contributed by atoms with Crippen molar-refractivity contribution in [3.63, 3.8) is 0 Å². The van der Waals surface area contributed by atoms with Gasteiger partial charge in [-0.15, -0.1) is 0 Å². The summed E-state index contributed by atoms with van der Waals surface area (Å²) >= 11 is 0. The average molecular weight is 499 g/mol. The summed E-state index contributed by atoms with van der Waals surface area (Å²) in [4.78, 5) is 34.2. The molecule has 4 N–H and O–H groups in total. The first-order chi connectivity index (χ1) is 16.7. The van der Waals surface area contributed by atoms with Crippen LogP contribution in [0, 0.1) is 10.1 Å². The van der Waals surface area contributed by atoms with Crippen LogP contribution in [0.25, 0.3) is 0 Å². The van der Waals surface area contributed by atoms with Crippen molar-refractivity contribution in [2.75, 3.05) is 17.8 Å². The Bertz CT molecular complexity index is 1340. The number of aromatic hydroxyl groups is 1. The summed E-state index contributed by atoms with van der Waals surface area (Å²) in [5, 5.41) is 25.7. The Balaban J connectivity index is 1.47. The van der Waals surface area contributed by atoms with Gasteiger partial charge < -0.3 is 15.7 Å². The highest BCUT2D eigenvalue weighted by molar-refractivity contribution is 7.92. The molecular weight excluding hydrogens is 476 g/mol. The van der Waals surface area contributed by atoms with Crippen molar-refractivity contribution in [2.24, 2.45) is 0 Å². The third kappa shape index (κ3) is 7.01. The number of nitro benzene ring substituents is 1. The van der Waals surface area contributed by atoms with E-state index >= 15 is 0 Å². The number of phenols is 1. The largest absolute Gasteiger partial charge is 0.508 e. The second-order valence-corrected chi connectivity index (χ2v) is 9.04. The van der Waals surface area contributed by atoms with Gasteiger partial charge in [0.15, 0.2) is 0 Å². The van der Waals surface area contributed by atoms with Crippen molar-refractivity contribution >= 4 is 33.2 Å². The summed E-state index contributed by atoms with van der Waals surface area (Å²) < 4.78 is 27.3. The number of hydrogen-bond acceptors (Lipinski definition) is 7. The predicted molar refractivity (Wildman–Crippen MR) is 128 cm³/mol. The smallest absolute Gasteiger partial charge is 0.270 e. The van der Waals surface area contributed by atoms with Crippen LogP contribution in [0.1, 0.15) is 27.1 Å². The Kier molecular flexibility index (Phi) is 8.00. The number of nitrogens with one attached hydrogen (secondary N) is 3. The standard InChI is InChI=1S/C23H22N4O7S/c28-20-6-1-4-17(14-20)23(30)25-13-3-12-24-22(29)16-8-10-18(11-9-16)26-35(33,34)21-7-2-5-19(15-21)27(31)32/h1-2,4-11,14-15,26,28H,3,12-13H2,(H,24,29)(H,25,30). The van der Waals surface area contributed by atoms with Crippen LogP contribution in [0.15, 0.2) is 77.7 Å². The summed E-state index contributed by atoms with van der Waals surface area (Å²) in [6, 6.07) is 16.3. The fourth-order valence-electron chi connectivity index (χ4n) is 3.01. The second-order valence-electron chi connectivity index (χ2n) is 7.35. The van der Waals surface area contributed by atoms with Gasteiger partial charge in [-0.2, -0.15) is 0 Å². The van der Waals surface area contributed by atoms with Crippen LogP contribution >= 0.6 is 0 Å². The van der Waals surface area contributed by atoms with Crippen LogP contribution in [0.5, 0.6) is 5.75 Å². The van der Waals surface area contributed by atoms with Gasteiger partial charge in [0.2, 0.25) is 0 Å². The molecule has 0 atom stereocenters. The minimum Gasteiger partial charge on any atom is -0.508 e. The van der Waals surface area contributed by atoms with Gasteiger partial charge in [0.1, 0.15) is 5.75 Å².